The van der Waals surface area contributed by atoms with E-state index >= 15 is 0 Å². The lowest BCUT2D eigenvalue weighted by Gasteiger charge is -2.24. The maximum atomic E-state index is 13.8. The molecule has 0 bridgehead atoms. The largest absolute Gasteiger partial charge is 0.505 e. The number of fused-ring (bicyclic) bond motifs is 1. The Hall–Kier alpha value is -4.27. The van der Waals surface area contributed by atoms with E-state index in [0.717, 1.165) is 16.9 Å². The van der Waals surface area contributed by atoms with Crippen LogP contribution < -0.4 is 30.4 Å². The number of benzene rings is 5. The molecule has 266 valence electrons. The molecule has 0 aromatic heterocycles. The van der Waals surface area contributed by atoms with Crippen molar-refractivity contribution >= 4 is 66.6 Å². The number of aliphatic hydroxyl groups is 1. The molecule has 0 atom stereocenters. The number of phenolic OH excluding ortho intramolecular Hbond substituents is 2. The molecule has 5 aromatic carbocycles. The SMILES string of the molecule is COc1c(O)c2c(=O)cc(OC)c3c4c(OC)cc(=O)c5c(O)c(NCCSCCOCCOCCOCCO)c6c(c(c1C=C(C)C6)c23)c54. The van der Waals surface area contributed by atoms with E-state index in [2.05, 4.69) is 5.32 Å². The predicted octanol–water partition coefficient (Wildman–Crippen LogP) is 4.48. The highest BCUT2D eigenvalue weighted by molar-refractivity contribution is 7.99. The molecule has 0 fully saturated rings. The minimum absolute atomic E-state index is 0.00874. The van der Waals surface area contributed by atoms with Crippen LogP contribution in [-0.2, 0) is 20.6 Å². The molecule has 0 spiro atoms. The number of hydrogen-bond acceptors (Lipinski definition) is 13. The molecule has 4 N–H and O–H groups in total. The summed E-state index contributed by atoms with van der Waals surface area (Å²) >= 11 is 1.68. The molecule has 0 aliphatic heterocycles. The van der Waals surface area contributed by atoms with Crippen molar-refractivity contribution in [3.8, 4) is 28.7 Å². The highest BCUT2D eigenvalue weighted by atomic mass is 32.2. The summed E-state index contributed by atoms with van der Waals surface area (Å²) in [5, 5.41) is 39.0. The smallest absolute Gasteiger partial charge is 0.194 e. The number of anilines is 1. The molecular formula is C37H41NO11S. The Kier molecular flexibility index (Phi) is 10.9. The highest BCUT2D eigenvalue weighted by Crippen LogP contribution is 2.56. The monoisotopic (exact) mass is 707 g/mol. The molecular weight excluding hydrogens is 666 g/mol. The van der Waals surface area contributed by atoms with Crippen molar-refractivity contribution in [3.05, 3.63) is 49.3 Å². The average Bonchev–Trinajstić information content (AvgIpc) is 3.25. The van der Waals surface area contributed by atoms with Crippen molar-refractivity contribution in [2.45, 2.75) is 13.3 Å². The first-order valence-corrected chi connectivity index (χ1v) is 17.5. The Labute approximate surface area is 292 Å². The fourth-order valence-corrected chi connectivity index (χ4v) is 7.68. The molecule has 0 heterocycles. The van der Waals surface area contributed by atoms with E-state index in [1.54, 1.807) is 11.8 Å². The maximum Gasteiger partial charge on any atom is 0.194 e. The van der Waals surface area contributed by atoms with Crippen LogP contribution >= 0.6 is 11.8 Å². The van der Waals surface area contributed by atoms with Gasteiger partial charge in [0, 0.05) is 62.7 Å². The van der Waals surface area contributed by atoms with Crippen LogP contribution in [0.5, 0.6) is 28.7 Å². The quantitative estimate of drug-likeness (QED) is 0.0437. The summed E-state index contributed by atoms with van der Waals surface area (Å²) in [6.45, 7) is 5.07. The summed E-state index contributed by atoms with van der Waals surface area (Å²) < 4.78 is 33.5. The standard InChI is InChI=1S/C37H41NO11S/c1-19-15-20-26-27-21(16-19)37(46-4)36(43)29-23(41)18-25(45-3)31(33(27)29)30-24(44-2)17-22(40)28(32(26)30)35(42)34(20)38-5-13-50-14-12-49-11-10-48-9-8-47-7-6-39/h16-18,38-39,42-43H,5-15H2,1-4H3. The van der Waals surface area contributed by atoms with Gasteiger partial charge < -0.3 is 49.1 Å². The van der Waals surface area contributed by atoms with Crippen LogP contribution in [0.2, 0.25) is 0 Å². The summed E-state index contributed by atoms with van der Waals surface area (Å²) in [5.41, 5.74) is 1.81. The number of thioether (sulfide) groups is 1. The van der Waals surface area contributed by atoms with Gasteiger partial charge in [-0.25, -0.2) is 0 Å². The predicted molar refractivity (Wildman–Crippen MR) is 197 cm³/mol. The second-order valence-corrected chi connectivity index (χ2v) is 13.1. The molecule has 1 aliphatic carbocycles. The number of allylic oxidation sites excluding steroid dienone is 1. The number of hydrogen-bond donors (Lipinski definition) is 4. The van der Waals surface area contributed by atoms with Crippen LogP contribution in [0, 0.1) is 0 Å². The van der Waals surface area contributed by atoms with Gasteiger partial charge in [0.25, 0.3) is 0 Å². The third-order valence-corrected chi connectivity index (χ3v) is 9.89. The topological polar surface area (TPSA) is 162 Å². The Morgan fingerprint density at radius 3 is 1.88 bits per heavy atom. The van der Waals surface area contributed by atoms with E-state index < -0.39 is 10.9 Å². The molecule has 1 aliphatic rings. The molecule has 13 heteroatoms. The van der Waals surface area contributed by atoms with E-state index in [1.165, 1.54) is 33.5 Å². The van der Waals surface area contributed by atoms with Crippen molar-refractivity contribution in [1.82, 2.24) is 0 Å². The molecule has 5 aromatic rings. The average molecular weight is 708 g/mol. The number of ether oxygens (including phenoxy) is 6. The lowest BCUT2D eigenvalue weighted by Crippen LogP contribution is -2.13. The first-order valence-electron chi connectivity index (χ1n) is 16.4. The molecule has 0 amide bonds. The van der Waals surface area contributed by atoms with Crippen LogP contribution in [0.1, 0.15) is 18.1 Å². The van der Waals surface area contributed by atoms with Crippen LogP contribution in [0.3, 0.4) is 0 Å². The summed E-state index contributed by atoms with van der Waals surface area (Å²) in [7, 11) is 4.36. The number of aliphatic hydroxyl groups excluding tert-OH is 1. The second-order valence-electron chi connectivity index (χ2n) is 11.9. The third kappa shape index (κ3) is 6.17. The van der Waals surface area contributed by atoms with Gasteiger partial charge in [0.1, 0.15) is 11.5 Å². The zero-order chi connectivity index (χ0) is 35.5. The lowest BCUT2D eigenvalue weighted by molar-refractivity contribution is 0.0100. The van der Waals surface area contributed by atoms with Crippen LogP contribution in [0.25, 0.3) is 49.2 Å². The first-order chi connectivity index (χ1) is 24.3. The van der Waals surface area contributed by atoms with Gasteiger partial charge in [-0.3, -0.25) is 9.59 Å². The Balaban J connectivity index is 1.39. The summed E-state index contributed by atoms with van der Waals surface area (Å²) in [5.74, 6) is 1.67. The van der Waals surface area contributed by atoms with E-state index in [0.29, 0.717) is 102 Å². The Morgan fingerprint density at radius 1 is 0.700 bits per heavy atom. The van der Waals surface area contributed by atoms with Gasteiger partial charge in [-0.1, -0.05) is 11.6 Å². The zero-order valence-corrected chi connectivity index (χ0v) is 29.3. The molecule has 0 radical (unpaired) electrons. The Bertz CT molecular complexity index is 2190. The number of aromatic hydroxyl groups is 2. The fraction of sp³-hybridized carbons (Fsp3) is 0.405. The molecule has 0 saturated heterocycles. The first kappa shape index (κ1) is 35.6. The van der Waals surface area contributed by atoms with E-state index in [9.17, 15) is 19.8 Å². The van der Waals surface area contributed by atoms with Crippen LogP contribution in [0.4, 0.5) is 5.69 Å². The van der Waals surface area contributed by atoms with Crippen LogP contribution in [0.15, 0.2) is 27.3 Å². The number of methoxy groups -OCH3 is 3. The summed E-state index contributed by atoms with van der Waals surface area (Å²) in [4.78, 5) is 27.4. The summed E-state index contributed by atoms with van der Waals surface area (Å²) in [6, 6.07) is 2.65. The molecule has 0 unspecified atom stereocenters. The third-order valence-electron chi connectivity index (χ3n) is 8.94. The summed E-state index contributed by atoms with van der Waals surface area (Å²) in [6.07, 6.45) is 2.33. The zero-order valence-electron chi connectivity index (χ0n) is 28.5. The minimum atomic E-state index is -0.445. The number of rotatable bonds is 18. The van der Waals surface area contributed by atoms with Crippen LogP contribution in [-0.4, -0.2) is 101 Å². The highest BCUT2D eigenvalue weighted by Gasteiger charge is 2.33. The van der Waals surface area contributed by atoms with Crippen molar-refractivity contribution in [2.24, 2.45) is 0 Å². The van der Waals surface area contributed by atoms with Crippen molar-refractivity contribution in [1.29, 1.82) is 0 Å². The normalized spacial score (nSPS) is 12.8. The number of nitrogens with one attached hydrogen (secondary N) is 1. The van der Waals surface area contributed by atoms with E-state index in [-0.39, 0.29) is 46.1 Å². The molecule has 12 nitrogen and oxygen atoms in total. The Morgan fingerprint density at radius 2 is 1.28 bits per heavy atom. The van der Waals surface area contributed by atoms with E-state index in [1.807, 2.05) is 13.0 Å². The fourth-order valence-electron chi connectivity index (χ4n) is 6.99. The van der Waals surface area contributed by atoms with Gasteiger partial charge in [0.05, 0.1) is 84.0 Å². The van der Waals surface area contributed by atoms with Crippen molar-refractivity contribution < 1.29 is 43.7 Å². The van der Waals surface area contributed by atoms with E-state index in [4.69, 9.17) is 33.5 Å². The van der Waals surface area contributed by atoms with Crippen molar-refractivity contribution in [2.75, 3.05) is 90.9 Å². The van der Waals surface area contributed by atoms with Gasteiger partial charge >= 0.3 is 0 Å². The van der Waals surface area contributed by atoms with Gasteiger partial charge in [-0.05, 0) is 24.3 Å². The van der Waals surface area contributed by atoms with Gasteiger partial charge in [-0.2, -0.15) is 11.8 Å². The molecule has 6 rings (SSSR count). The molecule has 0 saturated carbocycles. The van der Waals surface area contributed by atoms with Gasteiger partial charge in [0.15, 0.2) is 28.1 Å². The molecule has 50 heavy (non-hydrogen) atoms. The van der Waals surface area contributed by atoms with Gasteiger partial charge in [0.2, 0.25) is 0 Å². The van der Waals surface area contributed by atoms with Gasteiger partial charge in [-0.15, -0.1) is 0 Å². The maximum absolute atomic E-state index is 13.8. The number of phenols is 2. The minimum Gasteiger partial charge on any atom is -0.505 e. The lowest BCUT2D eigenvalue weighted by atomic mass is 9.83. The van der Waals surface area contributed by atoms with Crippen molar-refractivity contribution in [3.63, 3.8) is 0 Å². The second kappa shape index (κ2) is 15.3.